The molecule has 0 fully saturated rings. The fraction of sp³-hybridized carbons (Fsp3) is 0.250. The molecular formula is C24H25N3O3S. The van der Waals surface area contributed by atoms with Crippen LogP contribution in [0.25, 0.3) is 5.57 Å². The lowest BCUT2D eigenvalue weighted by Gasteiger charge is -2.28. The Hall–Kier alpha value is -3.19. The topological polar surface area (TPSA) is 81.2 Å². The highest BCUT2D eigenvalue weighted by atomic mass is 32.2. The quantitative estimate of drug-likeness (QED) is 0.540. The van der Waals surface area contributed by atoms with E-state index in [9.17, 15) is 8.42 Å². The number of allylic oxidation sites excluding steroid dienone is 2. The minimum absolute atomic E-state index is 0.0157. The van der Waals surface area contributed by atoms with Crippen LogP contribution in [0, 0.1) is 5.41 Å². The van der Waals surface area contributed by atoms with Gasteiger partial charge in [-0.3, -0.25) is 0 Å². The molecule has 0 saturated heterocycles. The molecule has 1 aromatic heterocycles. The van der Waals surface area contributed by atoms with Crippen molar-refractivity contribution in [1.29, 1.82) is 0 Å². The van der Waals surface area contributed by atoms with E-state index in [2.05, 4.69) is 34.6 Å². The van der Waals surface area contributed by atoms with Crippen LogP contribution in [0.3, 0.4) is 0 Å². The molecule has 0 unspecified atom stereocenters. The molecule has 1 heterocycles. The van der Waals surface area contributed by atoms with Crippen LogP contribution >= 0.6 is 0 Å². The Morgan fingerprint density at radius 1 is 0.968 bits per heavy atom. The Kier molecular flexibility index (Phi) is 5.78. The molecule has 4 rings (SSSR count). The van der Waals surface area contributed by atoms with Gasteiger partial charge >= 0.3 is 0 Å². The summed E-state index contributed by atoms with van der Waals surface area (Å²) in [6.07, 6.45) is 5.00. The molecular weight excluding hydrogens is 410 g/mol. The van der Waals surface area contributed by atoms with E-state index in [1.54, 1.807) is 24.3 Å². The number of hydrogen-bond acceptors (Lipinski definition) is 5. The summed E-state index contributed by atoms with van der Waals surface area (Å²) in [7, 11) is -3.82. The van der Waals surface area contributed by atoms with E-state index in [1.165, 1.54) is 12.1 Å². The van der Waals surface area contributed by atoms with Crippen LogP contribution in [0.1, 0.15) is 38.8 Å². The first-order chi connectivity index (χ1) is 14.8. The molecule has 0 spiro atoms. The molecule has 1 aliphatic rings. The Bertz CT molecular complexity index is 1190. The van der Waals surface area contributed by atoms with Gasteiger partial charge in [0.15, 0.2) is 0 Å². The zero-order chi connectivity index (χ0) is 21.9. The molecule has 2 aromatic carbocycles. The van der Waals surface area contributed by atoms with Gasteiger partial charge in [-0.15, -0.1) is 0 Å². The lowest BCUT2D eigenvalue weighted by molar-refractivity contribution is 0.334. The van der Waals surface area contributed by atoms with E-state index >= 15 is 0 Å². The number of sulfonamides is 1. The maximum Gasteiger partial charge on any atom is 0.264 e. The second kappa shape index (κ2) is 8.51. The van der Waals surface area contributed by atoms with Crippen LogP contribution in [-0.4, -0.2) is 18.4 Å². The minimum atomic E-state index is -3.82. The largest absolute Gasteiger partial charge is 0.439 e. The number of benzene rings is 2. The first kappa shape index (κ1) is 21.1. The van der Waals surface area contributed by atoms with Crippen molar-refractivity contribution < 1.29 is 13.2 Å². The number of hydrogen-bond donors (Lipinski definition) is 1. The Labute approximate surface area is 183 Å². The van der Waals surface area contributed by atoms with Gasteiger partial charge in [0, 0.05) is 6.07 Å². The smallest absolute Gasteiger partial charge is 0.264 e. The number of aromatic nitrogens is 2. The highest BCUT2D eigenvalue weighted by molar-refractivity contribution is 7.92. The molecule has 31 heavy (non-hydrogen) atoms. The highest BCUT2D eigenvalue weighted by Gasteiger charge is 2.24. The first-order valence-electron chi connectivity index (χ1n) is 10.2. The predicted molar refractivity (Wildman–Crippen MR) is 121 cm³/mol. The molecule has 6 nitrogen and oxygen atoms in total. The van der Waals surface area contributed by atoms with Gasteiger partial charge < -0.3 is 4.74 Å². The summed E-state index contributed by atoms with van der Waals surface area (Å²) < 4.78 is 34.0. The second-order valence-corrected chi connectivity index (χ2v) is 10.0. The molecule has 0 aliphatic heterocycles. The fourth-order valence-corrected chi connectivity index (χ4v) is 4.35. The lowest BCUT2D eigenvalue weighted by atomic mass is 9.78. The molecule has 7 heteroatoms. The maximum absolute atomic E-state index is 12.8. The van der Waals surface area contributed by atoms with Crippen molar-refractivity contribution in [1.82, 2.24) is 9.97 Å². The number of anilines is 1. The van der Waals surface area contributed by atoms with Crippen molar-refractivity contribution in [2.75, 3.05) is 4.72 Å². The summed E-state index contributed by atoms with van der Waals surface area (Å²) >= 11 is 0. The van der Waals surface area contributed by atoms with Gasteiger partial charge in [0.05, 0.1) is 10.6 Å². The number of rotatable bonds is 6. The third-order valence-electron chi connectivity index (χ3n) is 5.25. The summed E-state index contributed by atoms with van der Waals surface area (Å²) in [5.41, 5.74) is 1.99. The molecule has 0 radical (unpaired) electrons. The Morgan fingerprint density at radius 2 is 1.65 bits per heavy atom. The van der Waals surface area contributed by atoms with Gasteiger partial charge in [0.2, 0.25) is 11.8 Å². The molecule has 1 N–H and O–H groups in total. The summed E-state index contributed by atoms with van der Waals surface area (Å²) in [6.45, 7) is 4.48. The van der Waals surface area contributed by atoms with Gasteiger partial charge in [0.1, 0.15) is 5.75 Å². The third kappa shape index (κ3) is 5.30. The Morgan fingerprint density at radius 3 is 2.29 bits per heavy atom. The molecule has 0 saturated carbocycles. The first-order valence-corrected chi connectivity index (χ1v) is 11.7. The summed E-state index contributed by atoms with van der Waals surface area (Å²) in [5, 5.41) is 0. The van der Waals surface area contributed by atoms with Gasteiger partial charge in [0.25, 0.3) is 10.0 Å². The SMILES string of the molecule is CC1(C)CC=C(c2cc(Oc3ccccc3)nc(NS(=O)(=O)c3ccccc3)n2)CC1. The van der Waals surface area contributed by atoms with Crippen molar-refractivity contribution in [2.24, 2.45) is 5.41 Å². The van der Waals surface area contributed by atoms with E-state index in [0.29, 0.717) is 11.4 Å². The van der Waals surface area contributed by atoms with Crippen LogP contribution in [0.2, 0.25) is 0 Å². The average Bonchev–Trinajstić information content (AvgIpc) is 2.74. The van der Waals surface area contributed by atoms with E-state index in [0.717, 1.165) is 24.8 Å². The van der Waals surface area contributed by atoms with Crippen LogP contribution < -0.4 is 9.46 Å². The van der Waals surface area contributed by atoms with Crippen molar-refractivity contribution in [3.05, 3.63) is 78.5 Å². The lowest BCUT2D eigenvalue weighted by Crippen LogP contribution is -2.17. The Balaban J connectivity index is 1.70. The van der Waals surface area contributed by atoms with Gasteiger partial charge in [-0.05, 0) is 54.5 Å². The van der Waals surface area contributed by atoms with Crippen molar-refractivity contribution in [3.8, 4) is 11.6 Å². The van der Waals surface area contributed by atoms with Crippen LogP contribution in [0.5, 0.6) is 11.6 Å². The number of nitrogens with one attached hydrogen (secondary N) is 1. The zero-order valence-corrected chi connectivity index (χ0v) is 18.4. The third-order valence-corrected chi connectivity index (χ3v) is 6.59. The maximum atomic E-state index is 12.8. The van der Waals surface area contributed by atoms with E-state index in [4.69, 9.17) is 4.74 Å². The number of ether oxygens (including phenoxy) is 1. The number of para-hydroxylation sites is 1. The molecule has 3 aromatic rings. The van der Waals surface area contributed by atoms with Crippen LogP contribution in [0.4, 0.5) is 5.95 Å². The van der Waals surface area contributed by atoms with Gasteiger partial charge in [-0.1, -0.05) is 56.3 Å². The zero-order valence-electron chi connectivity index (χ0n) is 17.6. The van der Waals surface area contributed by atoms with Crippen LogP contribution in [0.15, 0.2) is 77.7 Å². The summed E-state index contributed by atoms with van der Waals surface area (Å²) in [5.74, 6) is 0.883. The number of nitrogens with zero attached hydrogens (tertiary/aromatic N) is 2. The van der Waals surface area contributed by atoms with E-state index < -0.39 is 10.0 Å². The van der Waals surface area contributed by atoms with Crippen molar-refractivity contribution in [2.45, 2.75) is 38.0 Å². The fourth-order valence-electron chi connectivity index (χ4n) is 3.38. The molecule has 160 valence electrons. The predicted octanol–water partition coefficient (Wildman–Crippen LogP) is 5.66. The average molecular weight is 436 g/mol. The molecule has 1 aliphatic carbocycles. The van der Waals surface area contributed by atoms with E-state index in [1.807, 2.05) is 30.3 Å². The van der Waals surface area contributed by atoms with Crippen molar-refractivity contribution in [3.63, 3.8) is 0 Å². The van der Waals surface area contributed by atoms with Gasteiger partial charge in [-0.2, -0.15) is 4.98 Å². The summed E-state index contributed by atoms with van der Waals surface area (Å²) in [4.78, 5) is 8.97. The molecule has 0 atom stereocenters. The highest BCUT2D eigenvalue weighted by Crippen LogP contribution is 2.38. The minimum Gasteiger partial charge on any atom is -0.439 e. The standard InChI is InChI=1S/C24H25N3O3S/c1-24(2)15-13-18(14-16-24)21-17-22(30-19-9-5-3-6-10-19)26-23(25-21)27-31(28,29)20-11-7-4-8-12-20/h3-13,17H,14-16H2,1-2H3,(H,25,26,27). The second-order valence-electron chi connectivity index (χ2n) is 8.35. The van der Waals surface area contributed by atoms with Gasteiger partial charge in [-0.25, -0.2) is 18.1 Å². The summed E-state index contributed by atoms with van der Waals surface area (Å²) in [6, 6.07) is 19.2. The van der Waals surface area contributed by atoms with E-state index in [-0.39, 0.29) is 22.1 Å². The normalized spacial score (nSPS) is 15.7. The molecule has 0 bridgehead atoms. The monoisotopic (exact) mass is 435 g/mol. The van der Waals surface area contributed by atoms with Crippen LogP contribution in [-0.2, 0) is 10.0 Å². The van der Waals surface area contributed by atoms with Crippen molar-refractivity contribution >= 4 is 21.5 Å². The molecule has 0 amide bonds.